The molecule has 1 aliphatic rings. The Morgan fingerprint density at radius 2 is 2.00 bits per heavy atom. The first-order valence-electron chi connectivity index (χ1n) is 5.60. The molecular formula is C11H19Cl3N4O. The first-order valence-corrected chi connectivity index (χ1v) is 5.60. The van der Waals surface area contributed by atoms with Gasteiger partial charge in [0.1, 0.15) is 6.33 Å². The molecule has 1 fully saturated rings. The summed E-state index contributed by atoms with van der Waals surface area (Å²) in [6, 6.07) is 0. The van der Waals surface area contributed by atoms with Crippen molar-refractivity contribution in [2.75, 3.05) is 19.6 Å². The second-order valence-electron chi connectivity index (χ2n) is 4.05. The fourth-order valence-corrected chi connectivity index (χ4v) is 1.85. The molecule has 1 unspecified atom stereocenters. The fraction of sp³-hybridized carbons (Fsp3) is 0.545. The minimum Gasteiger partial charge on any atom is -0.352 e. The van der Waals surface area contributed by atoms with E-state index in [9.17, 15) is 4.79 Å². The Balaban J connectivity index is 0. The van der Waals surface area contributed by atoms with E-state index in [0.29, 0.717) is 11.5 Å². The monoisotopic (exact) mass is 328 g/mol. The van der Waals surface area contributed by atoms with E-state index in [1.165, 1.54) is 31.6 Å². The lowest BCUT2D eigenvalue weighted by molar-refractivity contribution is 0.0944. The molecule has 2 rings (SSSR count). The van der Waals surface area contributed by atoms with Crippen LogP contribution < -0.4 is 10.6 Å². The number of hydrogen-bond donors (Lipinski definition) is 2. The van der Waals surface area contributed by atoms with Crippen molar-refractivity contribution in [3.05, 3.63) is 24.3 Å². The molecule has 0 bridgehead atoms. The molecule has 1 aromatic heterocycles. The molecule has 19 heavy (non-hydrogen) atoms. The molecule has 5 nitrogen and oxygen atoms in total. The van der Waals surface area contributed by atoms with Gasteiger partial charge >= 0.3 is 0 Å². The second kappa shape index (κ2) is 11.2. The van der Waals surface area contributed by atoms with Gasteiger partial charge in [-0.2, -0.15) is 0 Å². The molecular weight excluding hydrogens is 311 g/mol. The number of carbonyl (C=O) groups excluding carboxylic acids is 1. The minimum absolute atomic E-state index is 0. The van der Waals surface area contributed by atoms with Crippen molar-refractivity contribution < 1.29 is 4.79 Å². The molecule has 0 aromatic carbocycles. The average molecular weight is 330 g/mol. The summed E-state index contributed by atoms with van der Waals surface area (Å²) in [6.07, 6.45) is 6.85. The van der Waals surface area contributed by atoms with Gasteiger partial charge in [-0.15, -0.1) is 37.2 Å². The van der Waals surface area contributed by atoms with Crippen molar-refractivity contribution in [1.29, 1.82) is 0 Å². The molecule has 1 saturated heterocycles. The highest BCUT2D eigenvalue weighted by molar-refractivity contribution is 5.93. The van der Waals surface area contributed by atoms with Gasteiger partial charge < -0.3 is 10.6 Å². The van der Waals surface area contributed by atoms with Crippen LogP contribution in [0, 0.1) is 5.92 Å². The maximum atomic E-state index is 11.7. The number of rotatable bonds is 3. The molecule has 110 valence electrons. The SMILES string of the molecule is Cl.Cl.Cl.O=C(NCC1CCCNC1)c1cncnc1. The molecule has 0 radical (unpaired) electrons. The van der Waals surface area contributed by atoms with Gasteiger partial charge in [-0.1, -0.05) is 0 Å². The van der Waals surface area contributed by atoms with Crippen LogP contribution in [0.5, 0.6) is 0 Å². The first kappa shape index (κ1) is 20.7. The van der Waals surface area contributed by atoms with Gasteiger partial charge in [0.25, 0.3) is 5.91 Å². The molecule has 0 saturated carbocycles. The summed E-state index contributed by atoms with van der Waals surface area (Å²) >= 11 is 0. The molecule has 1 atom stereocenters. The number of amides is 1. The zero-order chi connectivity index (χ0) is 11.2. The average Bonchev–Trinajstić information content (AvgIpc) is 2.38. The van der Waals surface area contributed by atoms with Crippen molar-refractivity contribution in [3.63, 3.8) is 0 Å². The third-order valence-electron chi connectivity index (χ3n) is 2.77. The highest BCUT2D eigenvalue weighted by Gasteiger charge is 2.14. The standard InChI is InChI=1S/C11H16N4O.3ClH/c16-11(10-6-13-8-14-7-10)15-5-9-2-1-3-12-4-9;;;/h6-9,12H,1-5H2,(H,15,16);3*1H. The highest BCUT2D eigenvalue weighted by Crippen LogP contribution is 2.08. The zero-order valence-electron chi connectivity index (χ0n) is 10.4. The number of carbonyl (C=O) groups is 1. The number of halogens is 3. The van der Waals surface area contributed by atoms with Gasteiger partial charge in [0.2, 0.25) is 0 Å². The van der Waals surface area contributed by atoms with E-state index < -0.39 is 0 Å². The quantitative estimate of drug-likeness (QED) is 0.881. The Hall–Kier alpha value is -0.620. The number of hydrogen-bond acceptors (Lipinski definition) is 4. The summed E-state index contributed by atoms with van der Waals surface area (Å²) in [7, 11) is 0. The fourth-order valence-electron chi connectivity index (χ4n) is 1.85. The number of nitrogens with zero attached hydrogens (tertiary/aromatic N) is 2. The van der Waals surface area contributed by atoms with Crippen molar-refractivity contribution in [2.45, 2.75) is 12.8 Å². The molecule has 0 spiro atoms. The van der Waals surface area contributed by atoms with E-state index in [1.807, 2.05) is 0 Å². The van der Waals surface area contributed by atoms with Crippen LogP contribution in [0.25, 0.3) is 0 Å². The molecule has 1 aromatic rings. The van der Waals surface area contributed by atoms with E-state index in [-0.39, 0.29) is 43.1 Å². The van der Waals surface area contributed by atoms with Gasteiger partial charge in [-0.3, -0.25) is 4.79 Å². The lowest BCUT2D eigenvalue weighted by Crippen LogP contribution is -2.38. The van der Waals surface area contributed by atoms with Crippen molar-refractivity contribution in [2.24, 2.45) is 5.92 Å². The van der Waals surface area contributed by atoms with E-state index in [2.05, 4.69) is 20.6 Å². The summed E-state index contributed by atoms with van der Waals surface area (Å²) in [4.78, 5) is 19.3. The largest absolute Gasteiger partial charge is 0.352 e. The van der Waals surface area contributed by atoms with Crippen LogP contribution in [-0.4, -0.2) is 35.5 Å². The second-order valence-corrected chi connectivity index (χ2v) is 4.05. The maximum Gasteiger partial charge on any atom is 0.254 e. The van der Waals surface area contributed by atoms with Gasteiger partial charge in [0, 0.05) is 18.9 Å². The van der Waals surface area contributed by atoms with Gasteiger partial charge in [0.05, 0.1) is 5.56 Å². The van der Waals surface area contributed by atoms with Crippen LogP contribution in [0.2, 0.25) is 0 Å². The molecule has 1 aliphatic heterocycles. The highest BCUT2D eigenvalue weighted by atomic mass is 35.5. The smallest absolute Gasteiger partial charge is 0.254 e. The summed E-state index contributed by atoms with van der Waals surface area (Å²) < 4.78 is 0. The van der Waals surface area contributed by atoms with E-state index in [0.717, 1.165) is 19.6 Å². The van der Waals surface area contributed by atoms with Gasteiger partial charge in [-0.25, -0.2) is 9.97 Å². The lowest BCUT2D eigenvalue weighted by atomic mass is 10.00. The lowest BCUT2D eigenvalue weighted by Gasteiger charge is -2.22. The Morgan fingerprint density at radius 3 is 2.58 bits per heavy atom. The van der Waals surface area contributed by atoms with E-state index >= 15 is 0 Å². The predicted molar refractivity (Wildman–Crippen MR) is 81.7 cm³/mol. The van der Waals surface area contributed by atoms with E-state index in [1.54, 1.807) is 0 Å². The molecule has 2 N–H and O–H groups in total. The van der Waals surface area contributed by atoms with Crippen LogP contribution in [0.4, 0.5) is 0 Å². The summed E-state index contributed by atoms with van der Waals surface area (Å²) in [5.41, 5.74) is 0.520. The molecule has 0 aliphatic carbocycles. The Labute approximate surface area is 131 Å². The van der Waals surface area contributed by atoms with Gasteiger partial charge in [-0.05, 0) is 31.8 Å². The van der Waals surface area contributed by atoms with Crippen LogP contribution >= 0.6 is 37.2 Å². The molecule has 1 amide bonds. The van der Waals surface area contributed by atoms with Crippen LogP contribution in [0.1, 0.15) is 23.2 Å². The van der Waals surface area contributed by atoms with Crippen LogP contribution in [0.15, 0.2) is 18.7 Å². The third-order valence-corrected chi connectivity index (χ3v) is 2.77. The number of nitrogens with one attached hydrogen (secondary N) is 2. The number of piperidine rings is 1. The summed E-state index contributed by atoms with van der Waals surface area (Å²) in [5, 5.41) is 6.23. The predicted octanol–water partition coefficient (Wildman–Crippen LogP) is 1.47. The minimum atomic E-state index is -0.0915. The Kier molecular flexibility index (Phi) is 12.2. The Morgan fingerprint density at radius 1 is 1.32 bits per heavy atom. The number of aromatic nitrogens is 2. The van der Waals surface area contributed by atoms with Crippen LogP contribution in [0.3, 0.4) is 0 Å². The normalized spacial score (nSPS) is 17.2. The van der Waals surface area contributed by atoms with Crippen LogP contribution in [-0.2, 0) is 0 Å². The molecule has 8 heteroatoms. The van der Waals surface area contributed by atoms with Crippen molar-refractivity contribution in [3.8, 4) is 0 Å². The topological polar surface area (TPSA) is 66.9 Å². The van der Waals surface area contributed by atoms with E-state index in [4.69, 9.17) is 0 Å². The third kappa shape index (κ3) is 6.92. The Bertz CT molecular complexity index is 347. The first-order chi connectivity index (χ1) is 7.86. The van der Waals surface area contributed by atoms with Crippen molar-refractivity contribution in [1.82, 2.24) is 20.6 Å². The van der Waals surface area contributed by atoms with Crippen molar-refractivity contribution >= 4 is 43.1 Å². The zero-order valence-corrected chi connectivity index (χ0v) is 12.8. The van der Waals surface area contributed by atoms with Gasteiger partial charge in [0.15, 0.2) is 0 Å². The summed E-state index contributed by atoms with van der Waals surface area (Å²) in [6.45, 7) is 2.81. The molecule has 2 heterocycles. The summed E-state index contributed by atoms with van der Waals surface area (Å²) in [5.74, 6) is 0.452. The maximum absolute atomic E-state index is 11.7.